The van der Waals surface area contributed by atoms with Crippen molar-refractivity contribution in [1.82, 2.24) is 14.7 Å². The topological polar surface area (TPSA) is 43.9 Å². The molecule has 1 aromatic carbocycles. The Kier molecular flexibility index (Phi) is 7.36. The van der Waals surface area contributed by atoms with Gasteiger partial charge in [0.25, 0.3) is 5.91 Å². The standard InChI is InChI=1S/C22H32ClN3O2/c1-3-24(4-2)22(28)20(17-7-5-6-8-17)25-13-15-26(16-14-25)21(27)18-9-11-19(23)12-10-18/h9-12,17,20H,3-8,13-16H2,1-2H3. The molecular formula is C22H32ClN3O2. The first-order chi connectivity index (χ1) is 13.5. The zero-order chi connectivity index (χ0) is 20.1. The van der Waals surface area contributed by atoms with Gasteiger partial charge in [-0.05, 0) is 56.9 Å². The smallest absolute Gasteiger partial charge is 0.253 e. The lowest BCUT2D eigenvalue weighted by Gasteiger charge is -2.42. The maximum absolute atomic E-state index is 13.3. The molecule has 2 aliphatic rings. The van der Waals surface area contributed by atoms with E-state index in [4.69, 9.17) is 11.6 Å². The van der Waals surface area contributed by atoms with E-state index in [9.17, 15) is 9.59 Å². The fourth-order valence-corrected chi connectivity index (χ4v) is 4.76. The van der Waals surface area contributed by atoms with Crippen molar-refractivity contribution < 1.29 is 9.59 Å². The number of amides is 2. The van der Waals surface area contributed by atoms with Gasteiger partial charge < -0.3 is 9.80 Å². The third-order valence-corrected chi connectivity index (χ3v) is 6.51. The predicted octanol–water partition coefficient (Wildman–Crippen LogP) is 3.53. The molecule has 0 aromatic heterocycles. The van der Waals surface area contributed by atoms with Gasteiger partial charge in [-0.2, -0.15) is 0 Å². The van der Waals surface area contributed by atoms with Crippen molar-refractivity contribution in [2.24, 2.45) is 5.92 Å². The van der Waals surface area contributed by atoms with Crippen molar-refractivity contribution in [2.75, 3.05) is 39.3 Å². The number of rotatable bonds is 6. The SMILES string of the molecule is CCN(CC)C(=O)C(C1CCCC1)N1CCN(C(=O)c2ccc(Cl)cc2)CC1. The van der Waals surface area contributed by atoms with Gasteiger partial charge in [0, 0.05) is 49.9 Å². The summed E-state index contributed by atoms with van der Waals surface area (Å²) in [6, 6.07) is 7.04. The summed E-state index contributed by atoms with van der Waals surface area (Å²) in [6.07, 6.45) is 4.73. The predicted molar refractivity (Wildman–Crippen MR) is 113 cm³/mol. The zero-order valence-corrected chi connectivity index (χ0v) is 17.8. The molecule has 1 atom stereocenters. The lowest BCUT2D eigenvalue weighted by atomic mass is 9.94. The third-order valence-electron chi connectivity index (χ3n) is 6.26. The highest BCUT2D eigenvalue weighted by atomic mass is 35.5. The van der Waals surface area contributed by atoms with Gasteiger partial charge in [-0.1, -0.05) is 24.4 Å². The van der Waals surface area contributed by atoms with Crippen LogP contribution in [0, 0.1) is 5.92 Å². The molecular weight excluding hydrogens is 374 g/mol. The van der Waals surface area contributed by atoms with Crippen LogP contribution < -0.4 is 0 Å². The van der Waals surface area contributed by atoms with E-state index in [0.717, 1.165) is 39.0 Å². The summed E-state index contributed by atoms with van der Waals surface area (Å²) in [6.45, 7) is 8.46. The van der Waals surface area contributed by atoms with Crippen LogP contribution in [0.25, 0.3) is 0 Å². The van der Waals surface area contributed by atoms with Gasteiger partial charge in [0.15, 0.2) is 0 Å². The summed E-state index contributed by atoms with van der Waals surface area (Å²) in [4.78, 5) is 32.2. The van der Waals surface area contributed by atoms with Crippen LogP contribution in [0.1, 0.15) is 49.9 Å². The normalized spacial score (nSPS) is 19.6. The number of carbonyl (C=O) groups excluding carboxylic acids is 2. The molecule has 0 spiro atoms. The summed E-state index contributed by atoms with van der Waals surface area (Å²) in [7, 11) is 0. The van der Waals surface area contributed by atoms with Crippen molar-refractivity contribution in [3.63, 3.8) is 0 Å². The van der Waals surface area contributed by atoms with Crippen molar-refractivity contribution in [2.45, 2.75) is 45.6 Å². The average molecular weight is 406 g/mol. The second kappa shape index (κ2) is 9.75. The largest absolute Gasteiger partial charge is 0.342 e. The Morgan fingerprint density at radius 2 is 1.61 bits per heavy atom. The van der Waals surface area contributed by atoms with Gasteiger partial charge in [0.05, 0.1) is 6.04 Å². The summed E-state index contributed by atoms with van der Waals surface area (Å²) in [5.74, 6) is 0.768. The minimum Gasteiger partial charge on any atom is -0.342 e. The summed E-state index contributed by atoms with van der Waals surface area (Å²) in [5, 5.41) is 0.635. The molecule has 0 N–H and O–H groups in total. The Balaban J connectivity index is 1.66. The molecule has 1 aliphatic carbocycles. The number of hydrogen-bond donors (Lipinski definition) is 0. The number of hydrogen-bond acceptors (Lipinski definition) is 3. The number of likely N-dealkylation sites (N-methyl/N-ethyl adjacent to an activating group) is 1. The molecule has 1 saturated heterocycles. The van der Waals surface area contributed by atoms with Crippen molar-refractivity contribution in [1.29, 1.82) is 0 Å². The van der Waals surface area contributed by atoms with Crippen LogP contribution in [-0.4, -0.2) is 71.8 Å². The maximum Gasteiger partial charge on any atom is 0.253 e. The van der Waals surface area contributed by atoms with Crippen LogP contribution in [0.2, 0.25) is 5.02 Å². The van der Waals surface area contributed by atoms with Crippen LogP contribution in [-0.2, 0) is 4.79 Å². The molecule has 3 rings (SSSR count). The molecule has 1 saturated carbocycles. The lowest BCUT2D eigenvalue weighted by Crippen LogP contribution is -2.58. The van der Waals surface area contributed by atoms with Gasteiger partial charge in [-0.15, -0.1) is 0 Å². The summed E-state index contributed by atoms with van der Waals surface area (Å²) < 4.78 is 0. The van der Waals surface area contributed by atoms with Crippen molar-refractivity contribution in [3.8, 4) is 0 Å². The first-order valence-electron chi connectivity index (χ1n) is 10.6. The molecule has 28 heavy (non-hydrogen) atoms. The monoisotopic (exact) mass is 405 g/mol. The number of nitrogens with zero attached hydrogens (tertiary/aromatic N) is 3. The van der Waals surface area contributed by atoms with Gasteiger partial charge in [-0.25, -0.2) is 0 Å². The maximum atomic E-state index is 13.3. The Hall–Kier alpha value is -1.59. The van der Waals surface area contributed by atoms with Crippen LogP contribution in [0.15, 0.2) is 24.3 Å². The van der Waals surface area contributed by atoms with Crippen LogP contribution in [0.3, 0.4) is 0 Å². The lowest BCUT2D eigenvalue weighted by molar-refractivity contribution is -0.139. The van der Waals surface area contributed by atoms with E-state index in [1.807, 2.05) is 9.80 Å². The highest BCUT2D eigenvalue weighted by molar-refractivity contribution is 6.30. The minimum atomic E-state index is -0.0322. The number of piperazine rings is 1. The first kappa shape index (κ1) is 21.1. The highest BCUT2D eigenvalue weighted by Gasteiger charge is 2.38. The summed E-state index contributed by atoms with van der Waals surface area (Å²) >= 11 is 5.93. The molecule has 1 aromatic rings. The molecule has 0 radical (unpaired) electrons. The molecule has 1 unspecified atom stereocenters. The molecule has 2 amide bonds. The first-order valence-corrected chi connectivity index (χ1v) is 11.0. The Labute approximate surface area is 173 Å². The zero-order valence-electron chi connectivity index (χ0n) is 17.1. The van der Waals surface area contributed by atoms with E-state index in [-0.39, 0.29) is 17.9 Å². The highest BCUT2D eigenvalue weighted by Crippen LogP contribution is 2.32. The Bertz CT molecular complexity index is 661. The van der Waals surface area contributed by atoms with Crippen molar-refractivity contribution >= 4 is 23.4 Å². The van der Waals surface area contributed by atoms with E-state index < -0.39 is 0 Å². The summed E-state index contributed by atoms with van der Waals surface area (Å²) in [5.41, 5.74) is 0.671. The van der Waals surface area contributed by atoms with E-state index >= 15 is 0 Å². The van der Waals surface area contributed by atoms with Crippen LogP contribution in [0.4, 0.5) is 0 Å². The molecule has 0 bridgehead atoms. The number of carbonyl (C=O) groups is 2. The number of halogens is 1. The molecule has 6 heteroatoms. The van der Waals surface area contributed by atoms with E-state index in [1.165, 1.54) is 12.8 Å². The molecule has 2 fully saturated rings. The molecule has 5 nitrogen and oxygen atoms in total. The van der Waals surface area contributed by atoms with Crippen LogP contribution in [0.5, 0.6) is 0 Å². The number of benzene rings is 1. The van der Waals surface area contributed by atoms with Crippen molar-refractivity contribution in [3.05, 3.63) is 34.9 Å². The van der Waals surface area contributed by atoms with Gasteiger partial charge in [0.2, 0.25) is 5.91 Å². The fraction of sp³-hybridized carbons (Fsp3) is 0.636. The second-order valence-corrected chi connectivity index (χ2v) is 8.27. The van der Waals surface area contributed by atoms with Crippen LogP contribution >= 0.6 is 11.6 Å². The minimum absolute atomic E-state index is 0.0322. The van der Waals surface area contributed by atoms with Gasteiger partial charge in [0.1, 0.15) is 0 Å². The molecule has 154 valence electrons. The Morgan fingerprint density at radius 3 is 2.14 bits per heavy atom. The molecule has 1 aliphatic heterocycles. The molecule has 1 heterocycles. The van der Waals surface area contributed by atoms with Gasteiger partial charge in [-0.3, -0.25) is 14.5 Å². The quantitative estimate of drug-likeness (QED) is 0.727. The van der Waals surface area contributed by atoms with Gasteiger partial charge >= 0.3 is 0 Å². The average Bonchev–Trinajstić information content (AvgIpc) is 3.24. The second-order valence-electron chi connectivity index (χ2n) is 7.83. The van der Waals surface area contributed by atoms with E-state index in [1.54, 1.807) is 24.3 Å². The van der Waals surface area contributed by atoms with E-state index in [2.05, 4.69) is 18.7 Å². The fourth-order valence-electron chi connectivity index (χ4n) is 4.63. The Morgan fingerprint density at radius 1 is 1.04 bits per heavy atom. The third kappa shape index (κ3) is 4.69. The van der Waals surface area contributed by atoms with E-state index in [0.29, 0.717) is 29.6 Å².